The van der Waals surface area contributed by atoms with Gasteiger partial charge in [-0.2, -0.15) is 5.10 Å². The summed E-state index contributed by atoms with van der Waals surface area (Å²) in [6.07, 6.45) is 0. The van der Waals surface area contributed by atoms with E-state index in [4.69, 9.17) is 0 Å². The second kappa shape index (κ2) is 5.11. The van der Waals surface area contributed by atoms with Crippen LogP contribution in [0.4, 0.5) is 0 Å². The predicted molar refractivity (Wildman–Crippen MR) is 76.6 cm³/mol. The van der Waals surface area contributed by atoms with Crippen LogP contribution in [0.25, 0.3) is 10.9 Å². The monoisotopic (exact) mass is 245 g/mol. The number of benzene rings is 1. The fourth-order valence-corrected chi connectivity index (χ4v) is 2.12. The molecule has 0 aliphatic heterocycles. The van der Waals surface area contributed by atoms with Crippen molar-refractivity contribution in [2.45, 2.75) is 40.8 Å². The van der Waals surface area contributed by atoms with Gasteiger partial charge < -0.3 is 5.32 Å². The van der Waals surface area contributed by atoms with Crippen LogP contribution in [0.15, 0.2) is 24.3 Å². The van der Waals surface area contributed by atoms with Crippen LogP contribution in [0.5, 0.6) is 0 Å². The van der Waals surface area contributed by atoms with Crippen molar-refractivity contribution in [2.75, 3.05) is 6.54 Å². The van der Waals surface area contributed by atoms with Crippen LogP contribution in [0, 0.1) is 5.41 Å². The lowest BCUT2D eigenvalue weighted by Crippen LogP contribution is -2.26. The van der Waals surface area contributed by atoms with Crippen LogP contribution < -0.4 is 5.32 Å². The van der Waals surface area contributed by atoms with Gasteiger partial charge in [0.15, 0.2) is 0 Å². The van der Waals surface area contributed by atoms with E-state index in [0.717, 1.165) is 25.3 Å². The lowest BCUT2D eigenvalue weighted by atomic mass is 9.97. The van der Waals surface area contributed by atoms with E-state index in [1.54, 1.807) is 0 Å². The van der Waals surface area contributed by atoms with E-state index in [1.807, 2.05) is 0 Å². The summed E-state index contributed by atoms with van der Waals surface area (Å²) in [5.41, 5.74) is 2.69. The van der Waals surface area contributed by atoms with Crippen LogP contribution in [0.2, 0.25) is 0 Å². The number of nitrogens with zero attached hydrogens (tertiary/aromatic N) is 2. The zero-order valence-corrected chi connectivity index (χ0v) is 11.8. The number of para-hydroxylation sites is 1. The molecule has 0 aliphatic carbocycles. The summed E-state index contributed by atoms with van der Waals surface area (Å²) in [6, 6.07) is 8.45. The van der Waals surface area contributed by atoms with Crippen molar-refractivity contribution in [3.8, 4) is 0 Å². The van der Waals surface area contributed by atoms with Gasteiger partial charge in [-0.1, -0.05) is 39.0 Å². The van der Waals surface area contributed by atoms with Crippen LogP contribution >= 0.6 is 0 Å². The Kier molecular flexibility index (Phi) is 3.71. The summed E-state index contributed by atoms with van der Waals surface area (Å²) in [6.45, 7) is 11.6. The molecule has 1 aromatic heterocycles. The first kappa shape index (κ1) is 13.1. The second-order valence-corrected chi connectivity index (χ2v) is 5.94. The van der Waals surface area contributed by atoms with Gasteiger partial charge in [-0.3, -0.25) is 4.68 Å². The van der Waals surface area contributed by atoms with E-state index in [9.17, 15) is 0 Å². The van der Waals surface area contributed by atoms with Crippen molar-refractivity contribution in [1.82, 2.24) is 15.1 Å². The van der Waals surface area contributed by atoms with Gasteiger partial charge in [-0.15, -0.1) is 0 Å². The molecule has 0 atom stereocenters. The normalized spacial score (nSPS) is 12.2. The maximum Gasteiger partial charge on any atom is 0.0841 e. The smallest absolute Gasteiger partial charge is 0.0841 e. The lowest BCUT2D eigenvalue weighted by Gasteiger charge is -2.18. The molecule has 0 saturated heterocycles. The SMILES string of the molecule is CCn1nc(CNCC(C)(C)C)c2ccccc21. The van der Waals surface area contributed by atoms with Gasteiger partial charge in [-0.05, 0) is 18.4 Å². The van der Waals surface area contributed by atoms with Gasteiger partial charge in [0.1, 0.15) is 0 Å². The third kappa shape index (κ3) is 2.91. The molecule has 3 nitrogen and oxygen atoms in total. The molecule has 0 fully saturated rings. The third-order valence-electron chi connectivity index (χ3n) is 2.98. The Morgan fingerprint density at radius 1 is 1.22 bits per heavy atom. The first-order valence-electron chi connectivity index (χ1n) is 6.66. The molecule has 0 saturated carbocycles. The van der Waals surface area contributed by atoms with Crippen LogP contribution in [-0.2, 0) is 13.1 Å². The van der Waals surface area contributed by atoms with Gasteiger partial charge in [0.25, 0.3) is 0 Å². The minimum Gasteiger partial charge on any atom is -0.311 e. The maximum atomic E-state index is 4.68. The van der Waals surface area contributed by atoms with Crippen LogP contribution in [-0.4, -0.2) is 16.3 Å². The largest absolute Gasteiger partial charge is 0.311 e. The second-order valence-electron chi connectivity index (χ2n) is 5.94. The Labute approximate surface area is 109 Å². The summed E-state index contributed by atoms with van der Waals surface area (Å²) < 4.78 is 2.07. The van der Waals surface area contributed by atoms with Crippen molar-refractivity contribution in [3.05, 3.63) is 30.0 Å². The fourth-order valence-electron chi connectivity index (χ4n) is 2.12. The molecule has 2 rings (SSSR count). The topological polar surface area (TPSA) is 29.9 Å². The highest BCUT2D eigenvalue weighted by Crippen LogP contribution is 2.18. The molecule has 0 amide bonds. The summed E-state index contributed by atoms with van der Waals surface area (Å²) in [7, 11) is 0. The molecule has 98 valence electrons. The van der Waals surface area contributed by atoms with Crippen molar-refractivity contribution >= 4 is 10.9 Å². The Bertz CT molecular complexity index is 520. The average Bonchev–Trinajstić information content (AvgIpc) is 2.66. The molecule has 1 N–H and O–H groups in total. The highest BCUT2D eigenvalue weighted by atomic mass is 15.3. The number of rotatable bonds is 4. The van der Waals surface area contributed by atoms with Crippen LogP contribution in [0.1, 0.15) is 33.4 Å². The first-order valence-corrected chi connectivity index (χ1v) is 6.66. The van der Waals surface area contributed by atoms with Crippen molar-refractivity contribution in [3.63, 3.8) is 0 Å². The molecule has 3 heteroatoms. The predicted octanol–water partition coefficient (Wildman–Crippen LogP) is 3.19. The highest BCUT2D eigenvalue weighted by molar-refractivity contribution is 5.81. The van der Waals surface area contributed by atoms with Gasteiger partial charge >= 0.3 is 0 Å². The number of aromatic nitrogens is 2. The molecular weight excluding hydrogens is 222 g/mol. The van der Waals surface area contributed by atoms with Crippen molar-refractivity contribution in [1.29, 1.82) is 0 Å². The van der Waals surface area contributed by atoms with Crippen molar-refractivity contribution in [2.24, 2.45) is 5.41 Å². The minimum atomic E-state index is 0.309. The summed E-state index contributed by atoms with van der Waals surface area (Å²) in [5, 5.41) is 9.44. The summed E-state index contributed by atoms with van der Waals surface area (Å²) in [5.74, 6) is 0. The summed E-state index contributed by atoms with van der Waals surface area (Å²) >= 11 is 0. The molecule has 18 heavy (non-hydrogen) atoms. The van der Waals surface area contributed by atoms with E-state index in [1.165, 1.54) is 10.9 Å². The van der Waals surface area contributed by atoms with E-state index < -0.39 is 0 Å². The van der Waals surface area contributed by atoms with Gasteiger partial charge in [0.2, 0.25) is 0 Å². The lowest BCUT2D eigenvalue weighted by molar-refractivity contribution is 0.378. The first-order chi connectivity index (χ1) is 8.51. The fraction of sp³-hybridized carbons (Fsp3) is 0.533. The Hall–Kier alpha value is -1.35. The molecule has 0 radical (unpaired) electrons. The Morgan fingerprint density at radius 2 is 1.94 bits per heavy atom. The van der Waals surface area contributed by atoms with E-state index in [-0.39, 0.29) is 0 Å². The zero-order chi connectivity index (χ0) is 13.2. The molecule has 2 aromatic rings. The highest BCUT2D eigenvalue weighted by Gasteiger charge is 2.12. The van der Waals surface area contributed by atoms with Gasteiger partial charge in [0, 0.05) is 25.0 Å². The zero-order valence-electron chi connectivity index (χ0n) is 11.8. The van der Waals surface area contributed by atoms with E-state index in [2.05, 4.69) is 67.1 Å². The molecule has 0 unspecified atom stereocenters. The molecule has 1 aromatic carbocycles. The molecule has 0 spiro atoms. The molecule has 0 aliphatic rings. The van der Waals surface area contributed by atoms with Gasteiger partial charge in [0.05, 0.1) is 11.2 Å². The molecule has 1 heterocycles. The third-order valence-corrected chi connectivity index (χ3v) is 2.98. The molecular formula is C15H23N3. The average molecular weight is 245 g/mol. The van der Waals surface area contributed by atoms with E-state index in [0.29, 0.717) is 5.41 Å². The Balaban J connectivity index is 2.18. The number of nitrogens with one attached hydrogen (secondary N) is 1. The minimum absolute atomic E-state index is 0.309. The Morgan fingerprint density at radius 3 is 2.61 bits per heavy atom. The van der Waals surface area contributed by atoms with E-state index >= 15 is 0 Å². The maximum absolute atomic E-state index is 4.68. The quantitative estimate of drug-likeness (QED) is 0.896. The number of hydrogen-bond acceptors (Lipinski definition) is 2. The van der Waals surface area contributed by atoms with Gasteiger partial charge in [-0.25, -0.2) is 0 Å². The van der Waals surface area contributed by atoms with Crippen molar-refractivity contribution < 1.29 is 0 Å². The number of hydrogen-bond donors (Lipinski definition) is 1. The number of aryl methyl sites for hydroxylation is 1. The van der Waals surface area contributed by atoms with Crippen LogP contribution in [0.3, 0.4) is 0 Å². The standard InChI is InChI=1S/C15H23N3/c1-5-18-14-9-7-6-8-12(14)13(17-18)10-16-11-15(2,3)4/h6-9,16H,5,10-11H2,1-4H3. The number of fused-ring (bicyclic) bond motifs is 1. The summed E-state index contributed by atoms with van der Waals surface area (Å²) in [4.78, 5) is 0. The molecule has 0 bridgehead atoms.